The molecule has 5 heteroatoms. The van der Waals surface area contributed by atoms with E-state index in [4.69, 9.17) is 0 Å². The minimum Gasteiger partial charge on any atom is -0.370 e. The minimum absolute atomic E-state index is 0.560. The maximum absolute atomic E-state index is 4.35. The standard InChI is InChI=1S/C12H21N5/c1-4-13-11-7-12(15-9-14-11)17(3)10-5-6-16(2)8-10/h7,9-10H,4-6,8H2,1-3H3,(H,13,14,15). The highest BCUT2D eigenvalue weighted by atomic mass is 15.3. The van der Waals surface area contributed by atoms with E-state index in [9.17, 15) is 0 Å². The van der Waals surface area contributed by atoms with Crippen LogP contribution in [0.15, 0.2) is 12.4 Å². The van der Waals surface area contributed by atoms with Crippen LogP contribution in [0.5, 0.6) is 0 Å². The molecular weight excluding hydrogens is 214 g/mol. The van der Waals surface area contributed by atoms with Crippen LogP contribution in [0, 0.1) is 0 Å². The molecule has 1 aromatic heterocycles. The first kappa shape index (κ1) is 12.1. The van der Waals surface area contributed by atoms with Crippen LogP contribution in [0.1, 0.15) is 13.3 Å². The summed E-state index contributed by atoms with van der Waals surface area (Å²) >= 11 is 0. The van der Waals surface area contributed by atoms with Crippen LogP contribution in [-0.4, -0.2) is 54.6 Å². The molecule has 5 nitrogen and oxygen atoms in total. The monoisotopic (exact) mass is 235 g/mol. The molecule has 1 aromatic rings. The fourth-order valence-corrected chi connectivity index (χ4v) is 2.23. The summed E-state index contributed by atoms with van der Waals surface area (Å²) in [4.78, 5) is 13.2. The first-order chi connectivity index (χ1) is 8.20. The van der Waals surface area contributed by atoms with Gasteiger partial charge < -0.3 is 15.1 Å². The van der Waals surface area contributed by atoms with Crippen LogP contribution in [0.4, 0.5) is 11.6 Å². The van der Waals surface area contributed by atoms with Crippen molar-refractivity contribution in [2.24, 2.45) is 0 Å². The Balaban J connectivity index is 2.07. The van der Waals surface area contributed by atoms with Crippen molar-refractivity contribution in [1.82, 2.24) is 14.9 Å². The summed E-state index contributed by atoms with van der Waals surface area (Å²) < 4.78 is 0. The molecule has 1 N–H and O–H groups in total. The molecule has 1 saturated heterocycles. The van der Waals surface area contributed by atoms with Crippen LogP contribution in [0.3, 0.4) is 0 Å². The average molecular weight is 235 g/mol. The molecule has 1 aliphatic heterocycles. The van der Waals surface area contributed by atoms with Gasteiger partial charge in [-0.05, 0) is 26.9 Å². The van der Waals surface area contributed by atoms with Crippen LogP contribution in [0.2, 0.25) is 0 Å². The Morgan fingerprint density at radius 3 is 3.00 bits per heavy atom. The summed E-state index contributed by atoms with van der Waals surface area (Å²) in [5.74, 6) is 1.90. The molecule has 0 radical (unpaired) electrons. The summed E-state index contributed by atoms with van der Waals surface area (Å²) in [5.41, 5.74) is 0. The number of likely N-dealkylation sites (tertiary alicyclic amines) is 1. The van der Waals surface area contributed by atoms with Gasteiger partial charge in [-0.1, -0.05) is 0 Å². The zero-order valence-corrected chi connectivity index (χ0v) is 10.8. The zero-order chi connectivity index (χ0) is 12.3. The van der Waals surface area contributed by atoms with Crippen LogP contribution >= 0.6 is 0 Å². The third-order valence-corrected chi connectivity index (χ3v) is 3.29. The molecule has 0 bridgehead atoms. The second-order valence-corrected chi connectivity index (χ2v) is 4.61. The largest absolute Gasteiger partial charge is 0.370 e. The van der Waals surface area contributed by atoms with E-state index >= 15 is 0 Å². The lowest BCUT2D eigenvalue weighted by atomic mass is 10.2. The number of nitrogens with one attached hydrogen (secondary N) is 1. The van der Waals surface area contributed by atoms with Crippen molar-refractivity contribution in [3.63, 3.8) is 0 Å². The third-order valence-electron chi connectivity index (χ3n) is 3.29. The average Bonchev–Trinajstić information content (AvgIpc) is 2.76. The topological polar surface area (TPSA) is 44.3 Å². The lowest BCUT2D eigenvalue weighted by molar-refractivity contribution is 0.409. The van der Waals surface area contributed by atoms with Gasteiger partial charge in [-0.3, -0.25) is 0 Å². The number of nitrogens with zero attached hydrogens (tertiary/aromatic N) is 4. The highest BCUT2D eigenvalue weighted by Crippen LogP contribution is 2.20. The summed E-state index contributed by atoms with van der Waals surface area (Å²) in [6, 6.07) is 2.58. The number of aromatic nitrogens is 2. The van der Waals surface area contributed by atoms with Gasteiger partial charge in [-0.15, -0.1) is 0 Å². The molecule has 1 fully saturated rings. The Morgan fingerprint density at radius 2 is 2.35 bits per heavy atom. The van der Waals surface area contributed by atoms with E-state index in [1.54, 1.807) is 6.33 Å². The van der Waals surface area contributed by atoms with E-state index in [1.165, 1.54) is 13.0 Å². The SMILES string of the molecule is CCNc1cc(N(C)C2CCN(C)C2)ncn1. The molecule has 0 aromatic carbocycles. The number of hydrogen-bond donors (Lipinski definition) is 1. The number of rotatable bonds is 4. The van der Waals surface area contributed by atoms with Crippen molar-refractivity contribution >= 4 is 11.6 Å². The van der Waals surface area contributed by atoms with E-state index in [2.05, 4.69) is 46.1 Å². The maximum atomic E-state index is 4.35. The molecule has 17 heavy (non-hydrogen) atoms. The first-order valence-corrected chi connectivity index (χ1v) is 6.18. The molecule has 0 aliphatic carbocycles. The minimum atomic E-state index is 0.560. The number of anilines is 2. The summed E-state index contributed by atoms with van der Waals surface area (Å²) in [5, 5.41) is 3.21. The lowest BCUT2D eigenvalue weighted by Crippen LogP contribution is -2.34. The molecule has 0 spiro atoms. The molecule has 2 rings (SSSR count). The van der Waals surface area contributed by atoms with E-state index in [0.29, 0.717) is 6.04 Å². The van der Waals surface area contributed by atoms with Gasteiger partial charge in [0.2, 0.25) is 0 Å². The maximum Gasteiger partial charge on any atom is 0.134 e. The fraction of sp³-hybridized carbons (Fsp3) is 0.667. The first-order valence-electron chi connectivity index (χ1n) is 6.18. The van der Waals surface area contributed by atoms with Crippen LogP contribution < -0.4 is 10.2 Å². The molecule has 0 saturated carbocycles. The van der Waals surface area contributed by atoms with Gasteiger partial charge in [-0.2, -0.15) is 0 Å². The van der Waals surface area contributed by atoms with Gasteiger partial charge in [0, 0.05) is 32.2 Å². The van der Waals surface area contributed by atoms with E-state index in [0.717, 1.165) is 24.7 Å². The van der Waals surface area contributed by atoms with Crippen molar-refractivity contribution in [3.8, 4) is 0 Å². The quantitative estimate of drug-likeness (QED) is 0.845. The van der Waals surface area contributed by atoms with Gasteiger partial charge in [-0.25, -0.2) is 9.97 Å². The predicted octanol–water partition coefficient (Wildman–Crippen LogP) is 1.05. The van der Waals surface area contributed by atoms with E-state index < -0.39 is 0 Å². The van der Waals surface area contributed by atoms with Crippen LogP contribution in [-0.2, 0) is 0 Å². The van der Waals surface area contributed by atoms with Gasteiger partial charge in [0.15, 0.2) is 0 Å². The van der Waals surface area contributed by atoms with Crippen LogP contribution in [0.25, 0.3) is 0 Å². The Kier molecular flexibility index (Phi) is 3.78. The third kappa shape index (κ3) is 2.85. The molecule has 2 heterocycles. The molecule has 1 atom stereocenters. The summed E-state index contributed by atoms with van der Waals surface area (Å²) in [6.45, 7) is 5.22. The molecule has 0 amide bonds. The van der Waals surface area contributed by atoms with Crippen molar-refractivity contribution < 1.29 is 0 Å². The Hall–Kier alpha value is -1.36. The second kappa shape index (κ2) is 5.31. The van der Waals surface area contributed by atoms with Gasteiger partial charge in [0.1, 0.15) is 18.0 Å². The van der Waals surface area contributed by atoms with Gasteiger partial charge >= 0.3 is 0 Å². The number of likely N-dealkylation sites (N-methyl/N-ethyl adjacent to an activating group) is 2. The fourth-order valence-electron chi connectivity index (χ4n) is 2.23. The van der Waals surface area contributed by atoms with Crippen molar-refractivity contribution in [2.75, 3.05) is 43.9 Å². The molecule has 94 valence electrons. The van der Waals surface area contributed by atoms with Crippen molar-refractivity contribution in [2.45, 2.75) is 19.4 Å². The van der Waals surface area contributed by atoms with E-state index in [-0.39, 0.29) is 0 Å². The molecule has 1 aliphatic rings. The van der Waals surface area contributed by atoms with Gasteiger partial charge in [0.05, 0.1) is 0 Å². The Labute approximate surface area is 103 Å². The smallest absolute Gasteiger partial charge is 0.134 e. The molecule has 1 unspecified atom stereocenters. The Morgan fingerprint density at radius 1 is 1.53 bits per heavy atom. The van der Waals surface area contributed by atoms with Crippen molar-refractivity contribution in [1.29, 1.82) is 0 Å². The normalized spacial score (nSPS) is 20.5. The second-order valence-electron chi connectivity index (χ2n) is 4.61. The predicted molar refractivity (Wildman–Crippen MR) is 70.5 cm³/mol. The highest BCUT2D eigenvalue weighted by Gasteiger charge is 2.24. The number of hydrogen-bond acceptors (Lipinski definition) is 5. The van der Waals surface area contributed by atoms with E-state index in [1.807, 2.05) is 6.07 Å². The van der Waals surface area contributed by atoms with Gasteiger partial charge in [0.25, 0.3) is 0 Å². The lowest BCUT2D eigenvalue weighted by Gasteiger charge is -2.25. The highest BCUT2D eigenvalue weighted by molar-refractivity contribution is 5.48. The summed E-state index contributed by atoms with van der Waals surface area (Å²) in [6.07, 6.45) is 2.83. The van der Waals surface area contributed by atoms with Crippen molar-refractivity contribution in [3.05, 3.63) is 12.4 Å². The Bertz CT molecular complexity index is 368. The zero-order valence-electron chi connectivity index (χ0n) is 10.8. The molecular formula is C12H21N5. The summed E-state index contributed by atoms with van der Waals surface area (Å²) in [7, 11) is 4.28.